The molecule has 3 heterocycles. The first-order valence-corrected chi connectivity index (χ1v) is 19.8. The van der Waals surface area contributed by atoms with Crippen LogP contribution in [-0.4, -0.2) is 50.9 Å². The van der Waals surface area contributed by atoms with Gasteiger partial charge in [0, 0.05) is 31.0 Å². The van der Waals surface area contributed by atoms with Crippen molar-refractivity contribution in [3.05, 3.63) is 164 Å². The third-order valence-electron chi connectivity index (χ3n) is 10.5. The number of anilines is 1. The topological polar surface area (TPSA) is 184 Å². The maximum atomic E-state index is 14.1. The van der Waals surface area contributed by atoms with Gasteiger partial charge in [0.25, 0.3) is 11.8 Å². The predicted molar refractivity (Wildman–Crippen MR) is 224 cm³/mol. The monoisotopic (exact) mass is 855 g/mol. The molecule has 0 saturated heterocycles. The summed E-state index contributed by atoms with van der Waals surface area (Å²) in [7, 11) is 0. The molecule has 1 unspecified atom stereocenters. The molecule has 2 aliphatic rings. The summed E-state index contributed by atoms with van der Waals surface area (Å²) < 4.78 is 17.3. The van der Waals surface area contributed by atoms with Gasteiger partial charge in [-0.1, -0.05) is 83.0 Å². The second-order valence-corrected chi connectivity index (χ2v) is 15.5. The van der Waals surface area contributed by atoms with Crippen LogP contribution >= 0.6 is 23.2 Å². The molecule has 0 spiro atoms. The fourth-order valence-electron chi connectivity index (χ4n) is 7.28. The number of rotatable bonds is 11. The second kappa shape index (κ2) is 17.2. The lowest BCUT2D eigenvalue weighted by Crippen LogP contribution is -2.56. The Balaban J connectivity index is 0.991. The number of amides is 3. The minimum atomic E-state index is -1.32. The number of ether oxygens (including phenoxy) is 2. The van der Waals surface area contributed by atoms with Gasteiger partial charge < -0.3 is 34.6 Å². The number of nitrogens with one attached hydrogen (secondary N) is 2. The standard InChI is InChI=1S/C46H35Cl2N5O8/c1-25-16-38(52-61-25)45(56)53-23-33-21-41-37(50-44(55)42(60-41)31-11-13-34(14-12-31)59-24-28-6-15-35(47)36(48)17-28)19-32(33)20-40(53)43(54)51-39(46(57)58)18-26-2-7-29(8-3-26)30-9-4-27(22-49)5-10-30/h2-17,19,21,39-40,42H,18,20,23-24H2,1H3,(H,50,55)(H,51,54)(H,57,58)/t39?,40-,42-/m0/s1. The summed E-state index contributed by atoms with van der Waals surface area (Å²) >= 11 is 12.1. The molecule has 3 N–H and O–H groups in total. The van der Waals surface area contributed by atoms with Crippen LogP contribution in [0.5, 0.6) is 11.5 Å². The van der Waals surface area contributed by atoms with Crippen LogP contribution in [0.1, 0.15) is 55.7 Å². The SMILES string of the molecule is Cc1cc(C(=O)N2Cc3cc4c(cc3C[C@H]2C(=O)NC(Cc2ccc(-c3ccc(C#N)cc3)cc2)C(=O)O)NC(=O)[C@H](c2ccc(OCc3ccc(Cl)c(Cl)c3)cc2)O4)no1. The number of fused-ring (bicyclic) bond motifs is 2. The van der Waals surface area contributed by atoms with Crippen molar-refractivity contribution in [2.75, 3.05) is 5.32 Å². The van der Waals surface area contributed by atoms with E-state index in [9.17, 15) is 24.3 Å². The summed E-state index contributed by atoms with van der Waals surface area (Å²) in [5.74, 6) is -1.59. The molecule has 15 heteroatoms. The lowest BCUT2D eigenvalue weighted by atomic mass is 9.91. The fraction of sp³-hybridized carbons (Fsp3) is 0.174. The number of halogens is 2. The van der Waals surface area contributed by atoms with Gasteiger partial charge in [-0.3, -0.25) is 14.4 Å². The van der Waals surface area contributed by atoms with Gasteiger partial charge in [-0.25, -0.2) is 4.79 Å². The Morgan fingerprint density at radius 2 is 1.64 bits per heavy atom. The van der Waals surface area contributed by atoms with E-state index in [0.29, 0.717) is 60.8 Å². The van der Waals surface area contributed by atoms with E-state index in [1.165, 1.54) is 11.0 Å². The highest BCUT2D eigenvalue weighted by molar-refractivity contribution is 6.42. The van der Waals surface area contributed by atoms with Crippen molar-refractivity contribution in [1.29, 1.82) is 5.26 Å². The third kappa shape index (κ3) is 8.91. The summed E-state index contributed by atoms with van der Waals surface area (Å²) in [6, 6.07) is 31.1. The third-order valence-corrected chi connectivity index (χ3v) is 11.3. The van der Waals surface area contributed by atoms with Crippen molar-refractivity contribution in [3.63, 3.8) is 0 Å². The maximum Gasteiger partial charge on any atom is 0.326 e. The average Bonchev–Trinajstić information content (AvgIpc) is 3.71. The molecule has 61 heavy (non-hydrogen) atoms. The van der Waals surface area contributed by atoms with Gasteiger partial charge in [0.1, 0.15) is 35.9 Å². The van der Waals surface area contributed by atoms with E-state index in [-0.39, 0.29) is 31.7 Å². The molecule has 8 rings (SSSR count). The normalized spacial score (nSPS) is 15.9. The number of aromatic nitrogens is 1. The first kappa shape index (κ1) is 40.6. The van der Waals surface area contributed by atoms with E-state index in [2.05, 4.69) is 21.9 Å². The minimum absolute atomic E-state index is 0.00559. The first-order chi connectivity index (χ1) is 29.4. The lowest BCUT2D eigenvalue weighted by Gasteiger charge is -2.37. The molecule has 1 aromatic heterocycles. The Morgan fingerprint density at radius 1 is 0.934 bits per heavy atom. The molecule has 0 aliphatic carbocycles. The molecule has 6 aromatic rings. The van der Waals surface area contributed by atoms with E-state index >= 15 is 0 Å². The minimum Gasteiger partial charge on any atom is -0.489 e. The molecule has 0 fully saturated rings. The molecule has 306 valence electrons. The summed E-state index contributed by atoms with van der Waals surface area (Å²) in [5, 5.41) is 29.7. The average molecular weight is 857 g/mol. The zero-order valence-electron chi connectivity index (χ0n) is 32.4. The molecule has 0 saturated carbocycles. The zero-order chi connectivity index (χ0) is 42.8. The smallest absolute Gasteiger partial charge is 0.326 e. The van der Waals surface area contributed by atoms with Crippen molar-refractivity contribution in [2.24, 2.45) is 0 Å². The van der Waals surface area contributed by atoms with E-state index in [1.54, 1.807) is 79.7 Å². The number of hydrogen-bond donors (Lipinski definition) is 3. The van der Waals surface area contributed by atoms with Gasteiger partial charge >= 0.3 is 5.97 Å². The van der Waals surface area contributed by atoms with E-state index in [4.69, 9.17) is 42.5 Å². The molecule has 3 amide bonds. The van der Waals surface area contributed by atoms with Crippen LogP contribution in [0.4, 0.5) is 5.69 Å². The summed E-state index contributed by atoms with van der Waals surface area (Å²) in [6.45, 7) is 1.85. The Hall–Kier alpha value is -7.14. The van der Waals surface area contributed by atoms with Gasteiger partial charge in [0.15, 0.2) is 5.69 Å². The highest BCUT2D eigenvalue weighted by atomic mass is 35.5. The largest absolute Gasteiger partial charge is 0.489 e. The van der Waals surface area contributed by atoms with Crippen molar-refractivity contribution < 1.29 is 38.3 Å². The Kier molecular flexibility index (Phi) is 11.5. The predicted octanol–water partition coefficient (Wildman–Crippen LogP) is 7.86. The molecule has 0 bridgehead atoms. The molecule has 5 aromatic carbocycles. The number of aryl methyl sites for hydroxylation is 1. The van der Waals surface area contributed by atoms with Crippen LogP contribution in [-0.2, 0) is 40.4 Å². The van der Waals surface area contributed by atoms with Crippen molar-refractivity contribution in [3.8, 4) is 28.7 Å². The van der Waals surface area contributed by atoms with E-state index < -0.39 is 41.9 Å². The fourth-order valence-corrected chi connectivity index (χ4v) is 7.60. The number of carboxylic acid groups (broad SMARTS) is 1. The van der Waals surface area contributed by atoms with Crippen LogP contribution < -0.4 is 20.1 Å². The highest BCUT2D eigenvalue weighted by Crippen LogP contribution is 2.40. The number of nitrogens with zero attached hydrogens (tertiary/aromatic N) is 3. The van der Waals surface area contributed by atoms with Gasteiger partial charge in [-0.15, -0.1) is 0 Å². The number of benzene rings is 5. The van der Waals surface area contributed by atoms with Crippen molar-refractivity contribution in [1.82, 2.24) is 15.4 Å². The van der Waals surface area contributed by atoms with Crippen LogP contribution in [0.15, 0.2) is 114 Å². The second-order valence-electron chi connectivity index (χ2n) is 14.7. The Morgan fingerprint density at radius 3 is 2.30 bits per heavy atom. The molecule has 13 nitrogen and oxygen atoms in total. The highest BCUT2D eigenvalue weighted by Gasteiger charge is 2.39. The molecular formula is C46H35Cl2N5O8. The Labute approximate surface area is 359 Å². The Bertz CT molecular complexity index is 2710. The first-order valence-electron chi connectivity index (χ1n) is 19.1. The van der Waals surface area contributed by atoms with Crippen molar-refractivity contribution in [2.45, 2.75) is 51.1 Å². The number of hydrogen-bond acceptors (Lipinski definition) is 9. The van der Waals surface area contributed by atoms with Crippen LogP contribution in [0.2, 0.25) is 10.0 Å². The van der Waals surface area contributed by atoms with Crippen LogP contribution in [0.25, 0.3) is 11.1 Å². The number of nitriles is 1. The number of aliphatic carboxylic acids is 1. The van der Waals surface area contributed by atoms with Gasteiger partial charge in [0.2, 0.25) is 12.0 Å². The van der Waals surface area contributed by atoms with E-state index in [1.807, 2.05) is 30.3 Å². The molecule has 3 atom stereocenters. The molecule has 0 radical (unpaired) electrons. The number of carboxylic acids is 1. The van der Waals surface area contributed by atoms with E-state index in [0.717, 1.165) is 16.7 Å². The van der Waals surface area contributed by atoms with Crippen LogP contribution in [0.3, 0.4) is 0 Å². The summed E-state index contributed by atoms with van der Waals surface area (Å²) in [4.78, 5) is 55.4. The van der Waals surface area contributed by atoms with Gasteiger partial charge in [-0.05, 0) is 88.8 Å². The number of carbonyl (C=O) groups is 4. The van der Waals surface area contributed by atoms with Crippen LogP contribution in [0, 0.1) is 18.3 Å². The van der Waals surface area contributed by atoms with Crippen molar-refractivity contribution >= 4 is 52.6 Å². The number of carbonyl (C=O) groups excluding carboxylic acids is 3. The zero-order valence-corrected chi connectivity index (χ0v) is 33.9. The summed E-state index contributed by atoms with van der Waals surface area (Å²) in [5.41, 5.74) is 6.08. The quantitative estimate of drug-likeness (QED) is 0.116. The van der Waals surface area contributed by atoms with Gasteiger partial charge in [0.05, 0.1) is 27.4 Å². The van der Waals surface area contributed by atoms with Gasteiger partial charge in [-0.2, -0.15) is 5.26 Å². The molecule has 2 aliphatic heterocycles. The summed E-state index contributed by atoms with van der Waals surface area (Å²) in [6.07, 6.45) is -1.01. The lowest BCUT2D eigenvalue weighted by molar-refractivity contribution is -0.142. The molecular weight excluding hydrogens is 821 g/mol. The maximum absolute atomic E-state index is 14.1.